The van der Waals surface area contributed by atoms with Gasteiger partial charge in [-0.25, -0.2) is 0 Å². The molecule has 0 aromatic heterocycles. The van der Waals surface area contributed by atoms with Crippen LogP contribution in [0.5, 0.6) is 0 Å². The van der Waals surface area contributed by atoms with Crippen LogP contribution in [0.25, 0.3) is 0 Å². The molecule has 0 N–H and O–H groups in total. The van der Waals surface area contributed by atoms with Crippen molar-refractivity contribution in [2.24, 2.45) is 0 Å². The standard InChI is InChI=1S/C6H11Cl3/c1-2-3-4-5-6(7,8)9/h2-5H2,1H3. The van der Waals surface area contributed by atoms with Gasteiger partial charge in [-0.15, -0.1) is 0 Å². The van der Waals surface area contributed by atoms with Crippen molar-refractivity contribution in [3.05, 3.63) is 0 Å². The van der Waals surface area contributed by atoms with Crippen LogP contribution in [0.1, 0.15) is 32.6 Å². The van der Waals surface area contributed by atoms with Crippen LogP contribution in [-0.4, -0.2) is 3.79 Å². The van der Waals surface area contributed by atoms with Crippen LogP contribution < -0.4 is 0 Å². The van der Waals surface area contributed by atoms with Crippen LogP contribution in [0.3, 0.4) is 0 Å². The van der Waals surface area contributed by atoms with Crippen LogP contribution in [0.2, 0.25) is 0 Å². The van der Waals surface area contributed by atoms with Crippen molar-refractivity contribution >= 4 is 34.8 Å². The molecule has 0 bridgehead atoms. The largest absolute Gasteiger partial charge is 0.190 e. The van der Waals surface area contributed by atoms with Crippen LogP contribution in [0.15, 0.2) is 0 Å². The Labute approximate surface area is 71.5 Å². The summed E-state index contributed by atoms with van der Waals surface area (Å²) < 4.78 is -1.03. The summed E-state index contributed by atoms with van der Waals surface area (Å²) >= 11 is 16.5. The lowest BCUT2D eigenvalue weighted by atomic mass is 10.2. The van der Waals surface area contributed by atoms with E-state index in [-0.39, 0.29) is 0 Å². The lowest BCUT2D eigenvalue weighted by Gasteiger charge is -2.08. The third kappa shape index (κ3) is 8.87. The number of rotatable bonds is 3. The van der Waals surface area contributed by atoms with Crippen molar-refractivity contribution in [1.82, 2.24) is 0 Å². The third-order valence-corrected chi connectivity index (χ3v) is 1.63. The Morgan fingerprint density at radius 2 is 1.67 bits per heavy atom. The van der Waals surface area contributed by atoms with Gasteiger partial charge in [0.1, 0.15) is 0 Å². The second kappa shape index (κ2) is 4.65. The van der Waals surface area contributed by atoms with Gasteiger partial charge in [0.15, 0.2) is 3.79 Å². The molecule has 3 heteroatoms. The minimum Gasteiger partial charge on any atom is -0.0837 e. The van der Waals surface area contributed by atoms with E-state index >= 15 is 0 Å². The lowest BCUT2D eigenvalue weighted by molar-refractivity contribution is 0.677. The van der Waals surface area contributed by atoms with Crippen molar-refractivity contribution in [3.8, 4) is 0 Å². The highest BCUT2D eigenvalue weighted by molar-refractivity contribution is 6.67. The molecule has 0 aliphatic heterocycles. The highest BCUT2D eigenvalue weighted by Gasteiger charge is 2.17. The fourth-order valence-electron chi connectivity index (χ4n) is 0.575. The maximum absolute atomic E-state index is 5.50. The van der Waals surface area contributed by atoms with Gasteiger partial charge in [0, 0.05) is 0 Å². The van der Waals surface area contributed by atoms with Gasteiger partial charge >= 0.3 is 0 Å². The van der Waals surface area contributed by atoms with Gasteiger partial charge in [0.05, 0.1) is 0 Å². The number of unbranched alkanes of at least 4 members (excludes halogenated alkanes) is 2. The molecule has 0 aliphatic carbocycles. The summed E-state index contributed by atoms with van der Waals surface area (Å²) in [6, 6.07) is 0. The van der Waals surface area contributed by atoms with E-state index in [4.69, 9.17) is 34.8 Å². The summed E-state index contributed by atoms with van der Waals surface area (Å²) in [6.07, 6.45) is 3.99. The molecule has 0 spiro atoms. The molecule has 9 heavy (non-hydrogen) atoms. The monoisotopic (exact) mass is 188 g/mol. The minimum absolute atomic E-state index is 0.672. The zero-order valence-corrected chi connectivity index (χ0v) is 7.73. The molecular weight excluding hydrogens is 178 g/mol. The minimum atomic E-state index is -1.03. The van der Waals surface area contributed by atoms with Crippen molar-refractivity contribution in [1.29, 1.82) is 0 Å². The molecule has 0 saturated carbocycles. The molecule has 0 fully saturated rings. The van der Waals surface area contributed by atoms with Gasteiger partial charge in [-0.3, -0.25) is 0 Å². The smallest absolute Gasteiger partial charge is 0.0837 e. The van der Waals surface area contributed by atoms with Crippen LogP contribution in [-0.2, 0) is 0 Å². The van der Waals surface area contributed by atoms with E-state index in [0.29, 0.717) is 6.42 Å². The van der Waals surface area contributed by atoms with Gasteiger partial charge in [-0.1, -0.05) is 54.6 Å². The number of halogens is 3. The van der Waals surface area contributed by atoms with Crippen LogP contribution in [0, 0.1) is 0 Å². The fraction of sp³-hybridized carbons (Fsp3) is 1.00. The zero-order chi connectivity index (χ0) is 7.33. The first-order valence-electron chi connectivity index (χ1n) is 3.13. The summed E-state index contributed by atoms with van der Waals surface area (Å²) in [7, 11) is 0. The predicted octanol–water partition coefficient (Wildman–Crippen LogP) is 3.94. The maximum Gasteiger partial charge on any atom is 0.190 e. The summed E-state index contributed by atoms with van der Waals surface area (Å²) in [5.41, 5.74) is 0. The van der Waals surface area contributed by atoms with Crippen LogP contribution in [0.4, 0.5) is 0 Å². The molecular formula is C6H11Cl3. The van der Waals surface area contributed by atoms with E-state index in [1.54, 1.807) is 0 Å². The van der Waals surface area contributed by atoms with E-state index < -0.39 is 3.79 Å². The second-order valence-electron chi connectivity index (χ2n) is 2.07. The zero-order valence-electron chi connectivity index (χ0n) is 5.46. The Kier molecular flexibility index (Phi) is 5.10. The molecule has 0 atom stereocenters. The van der Waals surface area contributed by atoms with Gasteiger partial charge in [0.25, 0.3) is 0 Å². The Balaban J connectivity index is 3.07. The first kappa shape index (κ1) is 9.87. The third-order valence-electron chi connectivity index (χ3n) is 1.06. The van der Waals surface area contributed by atoms with Crippen molar-refractivity contribution in [3.63, 3.8) is 0 Å². The molecule has 0 saturated heterocycles. The Bertz CT molecular complexity index is 65.2. The molecule has 0 heterocycles. The molecule has 56 valence electrons. The average Bonchev–Trinajstić information content (AvgIpc) is 1.63. The van der Waals surface area contributed by atoms with Gasteiger partial charge in [0.2, 0.25) is 0 Å². The van der Waals surface area contributed by atoms with E-state index in [1.165, 1.54) is 6.42 Å². The van der Waals surface area contributed by atoms with Crippen molar-refractivity contribution in [2.75, 3.05) is 0 Å². The van der Waals surface area contributed by atoms with Gasteiger partial charge < -0.3 is 0 Å². The summed E-state index contributed by atoms with van der Waals surface area (Å²) in [5, 5.41) is 0. The molecule has 0 nitrogen and oxygen atoms in total. The van der Waals surface area contributed by atoms with Crippen molar-refractivity contribution in [2.45, 2.75) is 36.4 Å². The number of alkyl halides is 3. The predicted molar refractivity (Wildman–Crippen MR) is 44.4 cm³/mol. The van der Waals surface area contributed by atoms with E-state index in [9.17, 15) is 0 Å². The molecule has 0 aliphatic rings. The first-order chi connectivity index (χ1) is 4.06. The molecule has 0 radical (unpaired) electrons. The molecule has 0 aromatic carbocycles. The average molecular weight is 190 g/mol. The van der Waals surface area contributed by atoms with E-state index in [2.05, 4.69) is 6.92 Å². The molecule has 0 aromatic rings. The maximum atomic E-state index is 5.50. The first-order valence-corrected chi connectivity index (χ1v) is 4.26. The highest BCUT2D eigenvalue weighted by Crippen LogP contribution is 2.31. The highest BCUT2D eigenvalue weighted by atomic mass is 35.6. The summed E-state index contributed by atoms with van der Waals surface area (Å²) in [4.78, 5) is 0. The Morgan fingerprint density at radius 3 is 2.00 bits per heavy atom. The fourth-order valence-corrected chi connectivity index (χ4v) is 0.976. The van der Waals surface area contributed by atoms with Crippen molar-refractivity contribution < 1.29 is 0 Å². The molecule has 0 amide bonds. The summed E-state index contributed by atoms with van der Waals surface area (Å²) in [5.74, 6) is 0. The second-order valence-corrected chi connectivity index (χ2v) is 4.59. The van der Waals surface area contributed by atoms with E-state index in [0.717, 1.165) is 12.8 Å². The van der Waals surface area contributed by atoms with E-state index in [1.807, 2.05) is 0 Å². The summed E-state index contributed by atoms with van der Waals surface area (Å²) in [6.45, 7) is 2.12. The lowest BCUT2D eigenvalue weighted by Crippen LogP contribution is -2.00. The quantitative estimate of drug-likeness (QED) is 0.466. The molecule has 0 unspecified atom stereocenters. The SMILES string of the molecule is CCCCCC(Cl)(Cl)Cl. The topological polar surface area (TPSA) is 0 Å². The molecule has 0 rings (SSSR count). The number of hydrogen-bond acceptors (Lipinski definition) is 0. The van der Waals surface area contributed by atoms with Gasteiger partial charge in [-0.2, -0.15) is 0 Å². The Morgan fingerprint density at radius 1 is 1.11 bits per heavy atom. The number of hydrogen-bond donors (Lipinski definition) is 0. The normalized spacial score (nSPS) is 12.0. The van der Waals surface area contributed by atoms with Crippen LogP contribution >= 0.6 is 34.8 Å². The van der Waals surface area contributed by atoms with Gasteiger partial charge in [-0.05, 0) is 12.8 Å². The Hall–Kier alpha value is 0.870.